The molecule has 3 heterocycles. The summed E-state index contributed by atoms with van der Waals surface area (Å²) in [5, 5.41) is 16.2. The minimum absolute atomic E-state index is 0.302. The van der Waals surface area contributed by atoms with Crippen molar-refractivity contribution in [3.63, 3.8) is 0 Å². The van der Waals surface area contributed by atoms with Gasteiger partial charge in [-0.25, -0.2) is 0 Å². The topological polar surface area (TPSA) is 52.2 Å². The summed E-state index contributed by atoms with van der Waals surface area (Å²) in [5.41, 5.74) is 0.978. The highest BCUT2D eigenvalue weighted by Crippen LogP contribution is 2.10. The highest BCUT2D eigenvalue weighted by Gasteiger charge is 2.08. The zero-order valence-electron chi connectivity index (χ0n) is 11.5. The first-order valence-electron chi connectivity index (χ1n) is 6.75. The van der Waals surface area contributed by atoms with E-state index >= 15 is 0 Å². The van der Waals surface area contributed by atoms with E-state index in [1.54, 1.807) is 22.2 Å². The van der Waals surface area contributed by atoms with E-state index in [-0.39, 0.29) is 0 Å². The molecule has 110 valence electrons. The van der Waals surface area contributed by atoms with E-state index in [1.165, 1.54) is 0 Å². The van der Waals surface area contributed by atoms with Crippen LogP contribution in [0, 0.1) is 0 Å². The number of hydrogen-bond acceptors (Lipinski definition) is 4. The maximum Gasteiger partial charge on any atom is 0.0969 e. The molecule has 3 rings (SSSR count). The lowest BCUT2D eigenvalue weighted by Crippen LogP contribution is -2.22. The van der Waals surface area contributed by atoms with Crippen molar-refractivity contribution >= 4 is 11.3 Å². The zero-order chi connectivity index (χ0) is 14.5. The van der Waals surface area contributed by atoms with Gasteiger partial charge in [0.05, 0.1) is 37.7 Å². The van der Waals surface area contributed by atoms with Gasteiger partial charge in [0.25, 0.3) is 0 Å². The molecule has 0 aliphatic heterocycles. The first kappa shape index (κ1) is 14.1. The number of nitrogens with zero attached hydrogens (tertiary/aromatic N) is 3. The quantitative estimate of drug-likeness (QED) is 0.729. The second kappa shape index (κ2) is 6.71. The molecule has 0 radical (unpaired) electrons. The number of rotatable bonds is 7. The van der Waals surface area contributed by atoms with Crippen LogP contribution in [0.4, 0.5) is 0 Å². The molecule has 0 saturated heterocycles. The SMILES string of the molecule is O[C@H](COCc1cccs1)Cn1cc(-n2cccc2)cn1. The van der Waals surface area contributed by atoms with Gasteiger partial charge in [-0.05, 0) is 23.6 Å². The monoisotopic (exact) mass is 303 g/mol. The van der Waals surface area contributed by atoms with E-state index in [1.807, 2.05) is 52.8 Å². The van der Waals surface area contributed by atoms with Gasteiger partial charge in [0.1, 0.15) is 0 Å². The third-order valence-corrected chi connectivity index (χ3v) is 3.90. The highest BCUT2D eigenvalue weighted by molar-refractivity contribution is 7.09. The molecule has 0 bridgehead atoms. The van der Waals surface area contributed by atoms with E-state index in [0.717, 1.165) is 10.6 Å². The molecule has 3 aromatic heterocycles. The minimum Gasteiger partial charge on any atom is -0.389 e. The molecule has 0 aliphatic rings. The summed E-state index contributed by atoms with van der Waals surface area (Å²) >= 11 is 1.65. The van der Waals surface area contributed by atoms with Gasteiger partial charge in [0, 0.05) is 23.5 Å². The van der Waals surface area contributed by atoms with E-state index in [4.69, 9.17) is 4.74 Å². The van der Waals surface area contributed by atoms with Crippen LogP contribution in [0.2, 0.25) is 0 Å². The predicted octanol–water partition coefficient (Wildman–Crippen LogP) is 2.31. The van der Waals surface area contributed by atoms with Gasteiger partial charge in [-0.1, -0.05) is 6.07 Å². The first-order chi connectivity index (χ1) is 10.3. The number of thiophene rings is 1. The lowest BCUT2D eigenvalue weighted by molar-refractivity contribution is 0.0196. The van der Waals surface area contributed by atoms with Crippen molar-refractivity contribution < 1.29 is 9.84 Å². The molecule has 0 fully saturated rings. The Morgan fingerprint density at radius 2 is 2.14 bits per heavy atom. The molecule has 1 atom stereocenters. The smallest absolute Gasteiger partial charge is 0.0969 e. The standard InChI is InChI=1S/C15H17N3O2S/c19-14(11-20-12-15-4-3-7-21-15)10-18-9-13(8-16-18)17-5-1-2-6-17/h1-9,14,19H,10-12H2/t14-/m0/s1. The second-order valence-electron chi connectivity index (χ2n) is 4.76. The fourth-order valence-corrected chi connectivity index (χ4v) is 2.69. The number of aliphatic hydroxyl groups is 1. The Morgan fingerprint density at radius 3 is 2.90 bits per heavy atom. The van der Waals surface area contributed by atoms with E-state index < -0.39 is 6.10 Å². The minimum atomic E-state index is -0.567. The summed E-state index contributed by atoms with van der Waals surface area (Å²) in [5.74, 6) is 0. The van der Waals surface area contributed by atoms with Gasteiger partial charge in [-0.15, -0.1) is 11.3 Å². The molecular weight excluding hydrogens is 286 g/mol. The van der Waals surface area contributed by atoms with Crippen LogP contribution in [0.1, 0.15) is 4.88 Å². The Morgan fingerprint density at radius 1 is 1.29 bits per heavy atom. The Balaban J connectivity index is 1.47. The third-order valence-electron chi connectivity index (χ3n) is 3.05. The van der Waals surface area contributed by atoms with Crippen molar-refractivity contribution in [2.75, 3.05) is 6.61 Å². The van der Waals surface area contributed by atoms with Gasteiger partial charge >= 0.3 is 0 Å². The maximum absolute atomic E-state index is 9.98. The van der Waals surface area contributed by atoms with Crippen molar-refractivity contribution in [2.45, 2.75) is 19.3 Å². The normalized spacial score (nSPS) is 12.6. The van der Waals surface area contributed by atoms with Crippen molar-refractivity contribution in [2.24, 2.45) is 0 Å². The Kier molecular flexibility index (Phi) is 4.49. The molecule has 0 aromatic carbocycles. The third kappa shape index (κ3) is 3.81. The predicted molar refractivity (Wildman–Crippen MR) is 81.5 cm³/mol. The van der Waals surface area contributed by atoms with Gasteiger partial charge < -0.3 is 14.4 Å². The Hall–Kier alpha value is -1.89. The van der Waals surface area contributed by atoms with Gasteiger partial charge in [-0.2, -0.15) is 5.10 Å². The Bertz CT molecular complexity index is 646. The van der Waals surface area contributed by atoms with E-state index in [0.29, 0.717) is 19.8 Å². The molecule has 0 unspecified atom stereocenters. The Labute approximate surface area is 127 Å². The summed E-state index contributed by atoms with van der Waals surface area (Å²) in [6.07, 6.45) is 7.04. The fourth-order valence-electron chi connectivity index (χ4n) is 2.05. The molecular formula is C15H17N3O2S. The van der Waals surface area contributed by atoms with Crippen LogP contribution in [-0.4, -0.2) is 32.2 Å². The molecule has 0 aliphatic carbocycles. The van der Waals surface area contributed by atoms with Crippen molar-refractivity contribution in [3.8, 4) is 5.69 Å². The van der Waals surface area contributed by atoms with Crippen molar-refractivity contribution in [3.05, 3.63) is 59.3 Å². The molecule has 1 N–H and O–H groups in total. The largest absolute Gasteiger partial charge is 0.389 e. The van der Waals surface area contributed by atoms with Gasteiger partial charge in [-0.3, -0.25) is 4.68 Å². The molecule has 0 saturated carbocycles. The lowest BCUT2D eigenvalue weighted by Gasteiger charge is -2.10. The summed E-state index contributed by atoms with van der Waals surface area (Å²) in [4.78, 5) is 1.16. The van der Waals surface area contributed by atoms with Gasteiger partial charge in [0.2, 0.25) is 0 Å². The van der Waals surface area contributed by atoms with Crippen LogP contribution >= 0.6 is 11.3 Å². The number of hydrogen-bond donors (Lipinski definition) is 1. The van der Waals surface area contributed by atoms with Gasteiger partial charge in [0.15, 0.2) is 0 Å². The van der Waals surface area contributed by atoms with Crippen LogP contribution < -0.4 is 0 Å². The fraction of sp³-hybridized carbons (Fsp3) is 0.267. The van der Waals surface area contributed by atoms with Crippen LogP contribution in [0.3, 0.4) is 0 Å². The summed E-state index contributed by atoms with van der Waals surface area (Å²) in [7, 11) is 0. The number of aliphatic hydroxyl groups excluding tert-OH is 1. The van der Waals surface area contributed by atoms with Crippen LogP contribution in [0.25, 0.3) is 5.69 Å². The van der Waals surface area contributed by atoms with Crippen molar-refractivity contribution in [1.82, 2.24) is 14.3 Å². The summed E-state index contributed by atoms with van der Waals surface area (Å²) in [6.45, 7) is 1.27. The van der Waals surface area contributed by atoms with Crippen LogP contribution in [-0.2, 0) is 17.9 Å². The molecule has 0 amide bonds. The highest BCUT2D eigenvalue weighted by atomic mass is 32.1. The van der Waals surface area contributed by atoms with Crippen LogP contribution in [0.15, 0.2) is 54.4 Å². The lowest BCUT2D eigenvalue weighted by atomic mass is 10.4. The molecule has 5 nitrogen and oxygen atoms in total. The molecule has 21 heavy (non-hydrogen) atoms. The van der Waals surface area contributed by atoms with E-state index in [9.17, 15) is 5.11 Å². The average molecular weight is 303 g/mol. The van der Waals surface area contributed by atoms with Crippen molar-refractivity contribution in [1.29, 1.82) is 0 Å². The molecule has 6 heteroatoms. The molecule has 0 spiro atoms. The first-order valence-corrected chi connectivity index (χ1v) is 7.63. The maximum atomic E-state index is 9.98. The summed E-state index contributed by atoms with van der Waals surface area (Å²) in [6, 6.07) is 7.94. The molecule has 3 aromatic rings. The number of aromatic nitrogens is 3. The zero-order valence-corrected chi connectivity index (χ0v) is 12.3. The average Bonchev–Trinajstić information content (AvgIpc) is 3.21. The number of ether oxygens (including phenoxy) is 1. The summed E-state index contributed by atoms with van der Waals surface area (Å²) < 4.78 is 9.21. The van der Waals surface area contributed by atoms with Crippen LogP contribution in [0.5, 0.6) is 0 Å². The van der Waals surface area contributed by atoms with E-state index in [2.05, 4.69) is 5.10 Å². The second-order valence-corrected chi connectivity index (χ2v) is 5.79.